The van der Waals surface area contributed by atoms with Crippen LogP contribution in [0.3, 0.4) is 0 Å². The maximum Gasteiger partial charge on any atom is 0.182 e. The molecule has 0 radical (unpaired) electrons. The number of carbonyl (C=O) groups excluding carboxylic acids is 1. The van der Waals surface area contributed by atoms with Crippen LogP contribution in [0.2, 0.25) is 10.0 Å². The van der Waals surface area contributed by atoms with E-state index in [-0.39, 0.29) is 34.8 Å². The Morgan fingerprint density at radius 3 is 1.60 bits per heavy atom. The fourth-order valence-corrected chi connectivity index (χ4v) is 12.1. The summed E-state index contributed by atoms with van der Waals surface area (Å²) in [4.78, 5) is 14.4. The molecular formula is C36H34Cl2O5S2. The predicted octanol–water partition coefficient (Wildman–Crippen LogP) is 8.16. The molecule has 4 unspecified atom stereocenters. The number of aryl methyl sites for hydroxylation is 2. The van der Waals surface area contributed by atoms with Gasteiger partial charge in [-0.1, -0.05) is 82.9 Å². The summed E-state index contributed by atoms with van der Waals surface area (Å²) < 4.78 is 58.0. The second-order valence-corrected chi connectivity index (χ2v) is 17.6. The van der Waals surface area contributed by atoms with Crippen LogP contribution >= 0.6 is 23.2 Å². The molecule has 2 fully saturated rings. The Kier molecular flexibility index (Phi) is 8.76. The number of hydrogen-bond donors (Lipinski definition) is 0. The van der Waals surface area contributed by atoms with Crippen molar-refractivity contribution in [2.45, 2.75) is 65.2 Å². The zero-order valence-corrected chi connectivity index (χ0v) is 28.1. The number of Topliss-reactive ketones (excluding diaryl/α,β-unsaturated/α-hetero) is 1. The average molecular weight is 682 g/mol. The molecule has 0 spiro atoms. The van der Waals surface area contributed by atoms with E-state index in [9.17, 15) is 21.6 Å². The first-order valence-electron chi connectivity index (χ1n) is 15.0. The fraction of sp³-hybridized carbons (Fsp3) is 0.306. The SMILES string of the molecule is Cc1ccc(S(=O)(=O)C2C[C@H]3C(=O)CC(c4cccc(Cl)c4)C(S(=O)(=O)c4ccc(C)cc4)[C@H]3CC2c2cccc(Cl)c2)cc1. The number of hydrogen-bond acceptors (Lipinski definition) is 5. The molecule has 9 heteroatoms. The van der Waals surface area contributed by atoms with Gasteiger partial charge in [-0.3, -0.25) is 4.79 Å². The predicted molar refractivity (Wildman–Crippen MR) is 179 cm³/mol. The summed E-state index contributed by atoms with van der Waals surface area (Å²) in [5, 5.41) is -0.986. The molecule has 2 aliphatic rings. The topological polar surface area (TPSA) is 85.3 Å². The van der Waals surface area contributed by atoms with Gasteiger partial charge in [0.15, 0.2) is 19.7 Å². The van der Waals surface area contributed by atoms with Crippen LogP contribution in [0.25, 0.3) is 0 Å². The second-order valence-electron chi connectivity index (χ2n) is 12.5. The number of rotatable bonds is 6. The lowest BCUT2D eigenvalue weighted by Gasteiger charge is -2.48. The van der Waals surface area contributed by atoms with Gasteiger partial charge in [-0.25, -0.2) is 16.8 Å². The van der Waals surface area contributed by atoms with Gasteiger partial charge < -0.3 is 0 Å². The molecule has 234 valence electrons. The summed E-state index contributed by atoms with van der Waals surface area (Å²) in [6, 6.07) is 27.7. The quantitative estimate of drug-likeness (QED) is 0.205. The second kappa shape index (κ2) is 12.3. The monoisotopic (exact) mass is 680 g/mol. The molecule has 0 aromatic heterocycles. The molecule has 0 aliphatic heterocycles. The summed E-state index contributed by atoms with van der Waals surface area (Å²) in [5.74, 6) is -2.72. The molecule has 2 aliphatic carbocycles. The van der Waals surface area contributed by atoms with Crippen LogP contribution in [-0.2, 0) is 24.5 Å². The van der Waals surface area contributed by atoms with E-state index in [2.05, 4.69) is 0 Å². The van der Waals surface area contributed by atoms with E-state index in [1.165, 1.54) is 0 Å². The van der Waals surface area contributed by atoms with Crippen molar-refractivity contribution in [3.63, 3.8) is 0 Å². The number of halogens is 2. The van der Waals surface area contributed by atoms with Gasteiger partial charge in [-0.2, -0.15) is 0 Å². The molecule has 6 atom stereocenters. The molecule has 0 saturated heterocycles. The summed E-state index contributed by atoms with van der Waals surface area (Å²) in [7, 11) is -7.88. The van der Waals surface area contributed by atoms with E-state index in [1.54, 1.807) is 84.9 Å². The summed E-state index contributed by atoms with van der Waals surface area (Å²) >= 11 is 12.8. The van der Waals surface area contributed by atoms with E-state index in [0.717, 1.165) is 11.1 Å². The largest absolute Gasteiger partial charge is 0.299 e. The maximum atomic E-state index is 14.7. The smallest absolute Gasteiger partial charge is 0.182 e. The third-order valence-corrected chi connectivity index (χ3v) is 14.7. The zero-order chi connectivity index (χ0) is 32.1. The van der Waals surface area contributed by atoms with Crippen molar-refractivity contribution in [3.05, 3.63) is 129 Å². The molecule has 2 saturated carbocycles. The van der Waals surface area contributed by atoms with Gasteiger partial charge in [0.25, 0.3) is 0 Å². The van der Waals surface area contributed by atoms with Gasteiger partial charge in [0.2, 0.25) is 0 Å². The van der Waals surface area contributed by atoms with Crippen molar-refractivity contribution >= 4 is 48.7 Å². The van der Waals surface area contributed by atoms with Crippen LogP contribution in [0.15, 0.2) is 107 Å². The van der Waals surface area contributed by atoms with E-state index >= 15 is 0 Å². The van der Waals surface area contributed by atoms with Crippen LogP contribution in [0.4, 0.5) is 0 Å². The number of sulfone groups is 2. The van der Waals surface area contributed by atoms with Gasteiger partial charge in [0.1, 0.15) is 5.78 Å². The highest BCUT2D eigenvalue weighted by Gasteiger charge is 2.56. The third kappa shape index (κ3) is 6.12. The zero-order valence-electron chi connectivity index (χ0n) is 24.9. The summed E-state index contributed by atoms with van der Waals surface area (Å²) in [6.07, 6.45) is 0.203. The Balaban J connectivity index is 1.52. The average Bonchev–Trinajstić information content (AvgIpc) is 3.00. The highest BCUT2D eigenvalue weighted by Crippen LogP contribution is 2.54. The normalized spacial score (nSPS) is 25.5. The van der Waals surface area contributed by atoms with Crippen molar-refractivity contribution in [2.24, 2.45) is 11.8 Å². The van der Waals surface area contributed by atoms with Crippen molar-refractivity contribution < 1.29 is 21.6 Å². The van der Waals surface area contributed by atoms with Crippen LogP contribution in [0.1, 0.15) is 53.4 Å². The Hall–Kier alpha value is -2.97. The molecule has 0 bridgehead atoms. The maximum absolute atomic E-state index is 14.7. The molecule has 5 nitrogen and oxygen atoms in total. The number of ketones is 1. The first-order valence-corrected chi connectivity index (χ1v) is 18.9. The minimum Gasteiger partial charge on any atom is -0.299 e. The lowest BCUT2D eigenvalue weighted by Crippen LogP contribution is -2.53. The highest BCUT2D eigenvalue weighted by atomic mass is 35.5. The Labute approximate surface area is 275 Å². The molecule has 4 aromatic carbocycles. The first-order chi connectivity index (χ1) is 21.4. The number of benzene rings is 4. The van der Waals surface area contributed by atoms with E-state index in [4.69, 9.17) is 23.2 Å². The molecule has 4 aromatic rings. The standard InChI is InChI=1S/C36H34Cl2O5S2/c1-22-9-13-28(14-10-22)44(40,41)35-21-32-33(19-30(35)24-5-3-7-26(37)17-24)36(45(42,43)29-15-11-23(2)12-16-29)31(20-34(32)39)25-6-4-8-27(38)18-25/h3-18,30-33,35-36H,19-21H2,1-2H3/t30?,31?,32-,33+,35?,36?/m1/s1. The molecule has 0 N–H and O–H groups in total. The number of fused-ring (bicyclic) bond motifs is 1. The van der Waals surface area contributed by atoms with E-state index in [1.807, 2.05) is 26.0 Å². The van der Waals surface area contributed by atoms with Gasteiger partial charge >= 0.3 is 0 Å². The van der Waals surface area contributed by atoms with Crippen LogP contribution in [-0.4, -0.2) is 33.1 Å². The van der Waals surface area contributed by atoms with E-state index < -0.39 is 53.8 Å². The molecule has 0 heterocycles. The minimum absolute atomic E-state index is 0.0175. The highest BCUT2D eigenvalue weighted by molar-refractivity contribution is 7.92. The molecule has 45 heavy (non-hydrogen) atoms. The van der Waals surface area contributed by atoms with Crippen LogP contribution < -0.4 is 0 Å². The lowest BCUT2D eigenvalue weighted by molar-refractivity contribution is -0.128. The first kappa shape index (κ1) is 32.0. The van der Waals surface area contributed by atoms with Gasteiger partial charge in [0.05, 0.1) is 20.3 Å². The Morgan fingerprint density at radius 2 is 1.09 bits per heavy atom. The van der Waals surface area contributed by atoms with Gasteiger partial charge in [-0.15, -0.1) is 0 Å². The minimum atomic E-state index is -3.98. The van der Waals surface area contributed by atoms with Gasteiger partial charge in [-0.05, 0) is 92.3 Å². The lowest BCUT2D eigenvalue weighted by atomic mass is 9.61. The van der Waals surface area contributed by atoms with Crippen LogP contribution in [0, 0.1) is 25.7 Å². The summed E-state index contributed by atoms with van der Waals surface area (Å²) in [5.41, 5.74) is 3.26. The fourth-order valence-electron chi connectivity index (χ4n) is 7.42. The molecular weight excluding hydrogens is 647 g/mol. The Bertz CT molecular complexity index is 1960. The third-order valence-electron chi connectivity index (χ3n) is 9.64. The van der Waals surface area contributed by atoms with Crippen molar-refractivity contribution in [2.75, 3.05) is 0 Å². The van der Waals surface area contributed by atoms with Crippen LogP contribution in [0.5, 0.6) is 0 Å². The van der Waals surface area contributed by atoms with Crippen molar-refractivity contribution in [1.29, 1.82) is 0 Å². The Morgan fingerprint density at radius 1 is 0.600 bits per heavy atom. The van der Waals surface area contributed by atoms with Gasteiger partial charge in [0, 0.05) is 34.2 Å². The summed E-state index contributed by atoms with van der Waals surface area (Å²) in [6.45, 7) is 3.79. The van der Waals surface area contributed by atoms with Crippen molar-refractivity contribution in [1.82, 2.24) is 0 Å². The molecule has 0 amide bonds. The molecule has 6 rings (SSSR count). The van der Waals surface area contributed by atoms with E-state index in [0.29, 0.717) is 21.2 Å². The number of carbonyl (C=O) groups is 1. The van der Waals surface area contributed by atoms with Crippen molar-refractivity contribution in [3.8, 4) is 0 Å².